The molecular weight excluding hydrogens is 282 g/mol. The number of rotatable bonds is 4. The highest BCUT2D eigenvalue weighted by Gasteiger charge is 2.29. The highest BCUT2D eigenvalue weighted by molar-refractivity contribution is 6.33. The fourth-order valence-electron chi connectivity index (χ4n) is 2.76. The van der Waals surface area contributed by atoms with Crippen molar-refractivity contribution >= 4 is 22.6 Å². The number of nitrogens with one attached hydrogen (secondary N) is 1. The van der Waals surface area contributed by atoms with Crippen LogP contribution in [-0.4, -0.2) is 6.54 Å². The molecule has 0 fully saturated rings. The maximum absolute atomic E-state index is 6.36. The van der Waals surface area contributed by atoms with Crippen LogP contribution in [0.1, 0.15) is 57.0 Å². The molecule has 1 aromatic carbocycles. The van der Waals surface area contributed by atoms with E-state index >= 15 is 0 Å². The van der Waals surface area contributed by atoms with Gasteiger partial charge in [0.15, 0.2) is 0 Å². The first-order valence-electron chi connectivity index (χ1n) is 7.68. The number of halogens is 1. The first-order valence-corrected chi connectivity index (χ1v) is 8.06. The zero-order valence-corrected chi connectivity index (χ0v) is 14.7. The smallest absolute Gasteiger partial charge is 0.135 e. The summed E-state index contributed by atoms with van der Waals surface area (Å²) in [4.78, 5) is 0. The van der Waals surface area contributed by atoms with Crippen LogP contribution in [0.2, 0.25) is 5.02 Å². The number of hydrogen-bond acceptors (Lipinski definition) is 2. The fourth-order valence-corrected chi connectivity index (χ4v) is 2.92. The first-order chi connectivity index (χ1) is 9.75. The number of benzene rings is 1. The monoisotopic (exact) mass is 307 g/mol. The molecule has 0 aliphatic heterocycles. The molecule has 0 amide bonds. The minimum absolute atomic E-state index is 0.0930. The van der Waals surface area contributed by atoms with E-state index in [9.17, 15) is 0 Å². The summed E-state index contributed by atoms with van der Waals surface area (Å²) in [5.41, 5.74) is 3.19. The van der Waals surface area contributed by atoms with Gasteiger partial charge in [-0.1, -0.05) is 39.3 Å². The summed E-state index contributed by atoms with van der Waals surface area (Å²) in [7, 11) is 0. The van der Waals surface area contributed by atoms with Crippen LogP contribution in [0, 0.1) is 19.3 Å². The van der Waals surface area contributed by atoms with E-state index in [0.717, 1.165) is 45.8 Å². The second-order valence-electron chi connectivity index (χ2n) is 6.95. The summed E-state index contributed by atoms with van der Waals surface area (Å²) in [6.45, 7) is 13.9. The molecule has 0 spiro atoms. The highest BCUT2D eigenvalue weighted by Crippen LogP contribution is 2.38. The molecule has 2 nitrogen and oxygen atoms in total. The van der Waals surface area contributed by atoms with Crippen molar-refractivity contribution in [3.05, 3.63) is 34.0 Å². The van der Waals surface area contributed by atoms with Crippen molar-refractivity contribution in [3.63, 3.8) is 0 Å². The van der Waals surface area contributed by atoms with Crippen LogP contribution >= 0.6 is 11.6 Å². The van der Waals surface area contributed by atoms with Crippen molar-refractivity contribution in [3.8, 4) is 0 Å². The third-order valence-electron chi connectivity index (χ3n) is 3.96. The first kappa shape index (κ1) is 16.4. The van der Waals surface area contributed by atoms with Crippen LogP contribution in [0.4, 0.5) is 0 Å². The van der Waals surface area contributed by atoms with Crippen LogP contribution in [0.5, 0.6) is 0 Å². The molecule has 2 rings (SSSR count). The zero-order chi connectivity index (χ0) is 15.8. The Hall–Kier alpha value is -0.990. The van der Waals surface area contributed by atoms with Crippen molar-refractivity contribution in [2.45, 2.75) is 54.0 Å². The minimum Gasteiger partial charge on any atom is -0.459 e. The number of fused-ring (bicyclic) bond motifs is 1. The molecule has 116 valence electrons. The van der Waals surface area contributed by atoms with Crippen LogP contribution in [0.3, 0.4) is 0 Å². The Morgan fingerprint density at radius 2 is 1.90 bits per heavy atom. The molecular formula is C18H26ClNO. The molecule has 0 bridgehead atoms. The van der Waals surface area contributed by atoms with Gasteiger partial charge in [-0.05, 0) is 55.5 Å². The van der Waals surface area contributed by atoms with E-state index in [1.54, 1.807) is 0 Å². The van der Waals surface area contributed by atoms with Gasteiger partial charge in [-0.2, -0.15) is 0 Å². The summed E-state index contributed by atoms with van der Waals surface area (Å²) < 4.78 is 6.15. The standard InChI is InChI=1S/C18H26ClNO/c1-7-8-20-17(18(4,5)6)15-10-13-12(3)16(19)11(2)9-14(13)21-15/h9-10,17,20H,7-8H2,1-6H3. The molecule has 0 saturated carbocycles. The van der Waals surface area contributed by atoms with Crippen LogP contribution in [0.15, 0.2) is 16.5 Å². The van der Waals surface area contributed by atoms with E-state index in [2.05, 4.69) is 46.0 Å². The van der Waals surface area contributed by atoms with Crippen LogP contribution in [0.25, 0.3) is 11.0 Å². The van der Waals surface area contributed by atoms with Crippen molar-refractivity contribution in [2.24, 2.45) is 5.41 Å². The van der Waals surface area contributed by atoms with Gasteiger partial charge in [-0.3, -0.25) is 0 Å². The summed E-state index contributed by atoms with van der Waals surface area (Å²) in [5, 5.41) is 5.56. The normalized spacial score (nSPS) is 13.9. The Morgan fingerprint density at radius 3 is 2.48 bits per heavy atom. The Labute approximate surface area is 132 Å². The zero-order valence-electron chi connectivity index (χ0n) is 13.9. The van der Waals surface area contributed by atoms with E-state index in [0.29, 0.717) is 0 Å². The van der Waals surface area contributed by atoms with Gasteiger partial charge in [-0.15, -0.1) is 0 Å². The molecule has 1 unspecified atom stereocenters. The summed E-state index contributed by atoms with van der Waals surface area (Å²) in [6.07, 6.45) is 1.11. The topological polar surface area (TPSA) is 25.2 Å². The average Bonchev–Trinajstić information content (AvgIpc) is 2.78. The Morgan fingerprint density at radius 1 is 1.24 bits per heavy atom. The summed E-state index contributed by atoms with van der Waals surface area (Å²) in [6, 6.07) is 4.38. The second-order valence-corrected chi connectivity index (χ2v) is 7.32. The minimum atomic E-state index is 0.0930. The van der Waals surface area contributed by atoms with E-state index < -0.39 is 0 Å². The second kappa shape index (κ2) is 6.02. The predicted molar refractivity (Wildman–Crippen MR) is 91.2 cm³/mol. The van der Waals surface area contributed by atoms with Gasteiger partial charge < -0.3 is 9.73 Å². The molecule has 1 atom stereocenters. The van der Waals surface area contributed by atoms with E-state index in [1.165, 1.54) is 0 Å². The summed E-state index contributed by atoms with van der Waals surface area (Å²) >= 11 is 6.36. The van der Waals surface area contributed by atoms with Gasteiger partial charge in [0, 0.05) is 10.4 Å². The van der Waals surface area contributed by atoms with Gasteiger partial charge in [0.25, 0.3) is 0 Å². The molecule has 0 saturated heterocycles. The van der Waals surface area contributed by atoms with Crippen LogP contribution in [-0.2, 0) is 0 Å². The van der Waals surface area contributed by atoms with Crippen molar-refractivity contribution in [1.82, 2.24) is 5.32 Å². The molecule has 3 heteroatoms. The Balaban J connectivity index is 2.52. The Kier molecular flexibility index (Phi) is 4.69. The number of aryl methyl sites for hydroxylation is 2. The lowest BCUT2D eigenvalue weighted by Crippen LogP contribution is -2.32. The average molecular weight is 308 g/mol. The van der Waals surface area contributed by atoms with Crippen molar-refractivity contribution in [2.75, 3.05) is 6.54 Å². The SMILES string of the molecule is CCCNC(c1cc2c(C)c(Cl)c(C)cc2o1)C(C)(C)C. The van der Waals surface area contributed by atoms with Gasteiger partial charge in [0.05, 0.1) is 6.04 Å². The molecule has 0 aliphatic carbocycles. The maximum Gasteiger partial charge on any atom is 0.135 e. The van der Waals surface area contributed by atoms with Gasteiger partial charge in [0.1, 0.15) is 11.3 Å². The van der Waals surface area contributed by atoms with Crippen molar-refractivity contribution in [1.29, 1.82) is 0 Å². The van der Waals surface area contributed by atoms with Gasteiger partial charge in [0.2, 0.25) is 0 Å². The fraction of sp³-hybridized carbons (Fsp3) is 0.556. The lowest BCUT2D eigenvalue weighted by molar-refractivity contribution is 0.242. The molecule has 21 heavy (non-hydrogen) atoms. The largest absolute Gasteiger partial charge is 0.459 e. The van der Waals surface area contributed by atoms with E-state index in [1.807, 2.05) is 13.0 Å². The summed E-state index contributed by atoms with van der Waals surface area (Å²) in [5.74, 6) is 0.996. The molecule has 1 aromatic heterocycles. The van der Waals surface area contributed by atoms with Gasteiger partial charge >= 0.3 is 0 Å². The molecule has 2 aromatic rings. The lowest BCUT2D eigenvalue weighted by atomic mass is 9.85. The lowest BCUT2D eigenvalue weighted by Gasteiger charge is -2.29. The maximum atomic E-state index is 6.36. The quantitative estimate of drug-likeness (QED) is 0.773. The Bertz CT molecular complexity index is 637. The third kappa shape index (κ3) is 3.27. The predicted octanol–water partition coefficient (Wildman–Crippen LogP) is 5.79. The van der Waals surface area contributed by atoms with Crippen molar-refractivity contribution < 1.29 is 4.42 Å². The van der Waals surface area contributed by atoms with E-state index in [-0.39, 0.29) is 11.5 Å². The third-order valence-corrected chi connectivity index (χ3v) is 4.54. The van der Waals surface area contributed by atoms with Crippen LogP contribution < -0.4 is 5.32 Å². The molecule has 0 aliphatic rings. The number of furan rings is 1. The number of hydrogen-bond donors (Lipinski definition) is 1. The van der Waals surface area contributed by atoms with Gasteiger partial charge in [-0.25, -0.2) is 0 Å². The van der Waals surface area contributed by atoms with E-state index in [4.69, 9.17) is 16.0 Å². The molecule has 0 radical (unpaired) electrons. The highest BCUT2D eigenvalue weighted by atomic mass is 35.5. The molecule has 1 N–H and O–H groups in total. The molecule has 1 heterocycles.